The molecule has 0 fully saturated rings. The lowest BCUT2D eigenvalue weighted by atomic mass is 9.90. The molecule has 2 heterocycles. The van der Waals surface area contributed by atoms with Gasteiger partial charge in [0.25, 0.3) is 5.91 Å². The van der Waals surface area contributed by atoms with Crippen molar-refractivity contribution in [1.29, 1.82) is 0 Å². The van der Waals surface area contributed by atoms with Gasteiger partial charge in [0.05, 0.1) is 11.6 Å². The van der Waals surface area contributed by atoms with E-state index in [1.807, 2.05) is 25.1 Å². The lowest BCUT2D eigenvalue weighted by Crippen LogP contribution is -2.24. The summed E-state index contributed by atoms with van der Waals surface area (Å²) in [5.41, 5.74) is 1.33. The molecule has 0 saturated heterocycles. The number of rotatable bonds is 4. The molecule has 0 unspecified atom stereocenters. The van der Waals surface area contributed by atoms with Crippen molar-refractivity contribution in [1.82, 2.24) is 15.2 Å². The van der Waals surface area contributed by atoms with Crippen LogP contribution >= 0.6 is 22.7 Å². The minimum Gasteiger partial charge on any atom is -0.300 e. The third-order valence-corrected chi connectivity index (χ3v) is 6.08. The van der Waals surface area contributed by atoms with E-state index in [0.717, 1.165) is 34.8 Å². The van der Waals surface area contributed by atoms with Crippen LogP contribution in [-0.4, -0.2) is 27.0 Å². The van der Waals surface area contributed by atoms with Crippen molar-refractivity contribution in [2.24, 2.45) is 0 Å². The topological polar surface area (TPSA) is 96.9 Å². The van der Waals surface area contributed by atoms with Crippen molar-refractivity contribution in [3.8, 4) is 0 Å². The van der Waals surface area contributed by atoms with Gasteiger partial charge in [0, 0.05) is 10.4 Å². The van der Waals surface area contributed by atoms with E-state index in [9.17, 15) is 9.59 Å². The van der Waals surface area contributed by atoms with Crippen molar-refractivity contribution in [2.45, 2.75) is 32.1 Å². The molecule has 7 nitrogen and oxygen atoms in total. The number of benzene rings is 1. The maximum Gasteiger partial charge on any atom is 0.257 e. The highest BCUT2D eigenvalue weighted by Crippen LogP contribution is 2.37. The Labute approximate surface area is 163 Å². The lowest BCUT2D eigenvalue weighted by Gasteiger charge is -2.19. The molecule has 27 heavy (non-hydrogen) atoms. The smallest absolute Gasteiger partial charge is 0.257 e. The summed E-state index contributed by atoms with van der Waals surface area (Å²) >= 11 is 2.79. The van der Waals surface area contributed by atoms with Gasteiger partial charge in [0.2, 0.25) is 11.0 Å². The molecular formula is C18H17N5O2S2. The Balaban J connectivity index is 1.51. The third-order valence-electron chi connectivity index (χ3n) is 4.28. The normalized spacial score (nSPS) is 15.8. The number of hydrogen-bond acceptors (Lipinski definition) is 7. The van der Waals surface area contributed by atoms with E-state index >= 15 is 0 Å². The van der Waals surface area contributed by atoms with Gasteiger partial charge in [-0.05, 0) is 38.3 Å². The molecule has 2 aromatic heterocycles. The predicted octanol–water partition coefficient (Wildman–Crippen LogP) is 3.61. The molecule has 0 radical (unpaired) electrons. The number of carbonyl (C=O) groups excluding carboxylic acids is 2. The van der Waals surface area contributed by atoms with Crippen LogP contribution < -0.4 is 10.6 Å². The van der Waals surface area contributed by atoms with Crippen LogP contribution in [-0.2, 0) is 11.2 Å². The molecule has 1 aromatic carbocycles. The summed E-state index contributed by atoms with van der Waals surface area (Å²) in [6, 6.07) is 9.00. The minimum atomic E-state index is -0.336. The largest absolute Gasteiger partial charge is 0.300 e. The first-order chi connectivity index (χ1) is 13.1. The van der Waals surface area contributed by atoms with Crippen LogP contribution in [0.2, 0.25) is 0 Å². The Kier molecular flexibility index (Phi) is 4.95. The molecule has 0 bridgehead atoms. The summed E-state index contributed by atoms with van der Waals surface area (Å²) in [6.07, 6.45) is 2.51. The third kappa shape index (κ3) is 3.88. The van der Waals surface area contributed by atoms with Crippen LogP contribution in [0.25, 0.3) is 0 Å². The zero-order chi connectivity index (χ0) is 18.8. The number of carbonyl (C=O) groups is 2. The number of nitrogens with zero attached hydrogens (tertiary/aromatic N) is 3. The predicted molar refractivity (Wildman–Crippen MR) is 105 cm³/mol. The molecule has 1 aliphatic carbocycles. The van der Waals surface area contributed by atoms with Gasteiger partial charge in [0.1, 0.15) is 5.01 Å². The number of thiazole rings is 1. The van der Waals surface area contributed by atoms with E-state index in [1.54, 1.807) is 12.1 Å². The van der Waals surface area contributed by atoms with E-state index in [0.29, 0.717) is 15.8 Å². The van der Waals surface area contributed by atoms with Crippen LogP contribution in [0.15, 0.2) is 30.3 Å². The second-order valence-corrected chi connectivity index (χ2v) is 8.47. The summed E-state index contributed by atoms with van der Waals surface area (Å²) < 4.78 is 0. The maximum atomic E-state index is 12.7. The molecule has 4 rings (SSSR count). The fourth-order valence-electron chi connectivity index (χ4n) is 3.03. The molecule has 1 aliphatic rings. The van der Waals surface area contributed by atoms with Gasteiger partial charge in [-0.15, -0.1) is 21.5 Å². The number of nitrogens with one attached hydrogen (secondary N) is 2. The summed E-state index contributed by atoms with van der Waals surface area (Å²) in [7, 11) is 0. The highest BCUT2D eigenvalue weighted by Gasteiger charge is 2.31. The van der Waals surface area contributed by atoms with Crippen molar-refractivity contribution >= 4 is 44.8 Å². The second kappa shape index (κ2) is 7.53. The number of aryl methyl sites for hydroxylation is 2. The van der Waals surface area contributed by atoms with Gasteiger partial charge in [-0.2, -0.15) is 0 Å². The molecule has 1 atom stereocenters. The van der Waals surface area contributed by atoms with Gasteiger partial charge in [0.15, 0.2) is 5.13 Å². The summed E-state index contributed by atoms with van der Waals surface area (Å²) in [4.78, 5) is 30.7. The van der Waals surface area contributed by atoms with Crippen LogP contribution in [0.1, 0.15) is 44.7 Å². The highest BCUT2D eigenvalue weighted by molar-refractivity contribution is 7.16. The summed E-state index contributed by atoms with van der Waals surface area (Å²) in [6.45, 7) is 1.84. The number of hydrogen-bond donors (Lipinski definition) is 2. The standard InChI is InChI=1S/C18H17N5O2S2/c1-10-22-23-18(26-10)21-16(25)12-8-5-9-13-14(12)19-17(27-13)20-15(24)11-6-3-2-4-7-11/h2-4,6-7,12H,5,8-9H2,1H3,(H,19,20,24)(H,21,23,25)/t12-/m1/s1. The average Bonchev–Trinajstić information content (AvgIpc) is 3.27. The van der Waals surface area contributed by atoms with Gasteiger partial charge in [-0.3, -0.25) is 20.2 Å². The van der Waals surface area contributed by atoms with Crippen LogP contribution in [0, 0.1) is 6.92 Å². The number of anilines is 2. The molecule has 9 heteroatoms. The van der Waals surface area contributed by atoms with Crippen LogP contribution in [0.4, 0.5) is 10.3 Å². The Morgan fingerprint density at radius 2 is 1.89 bits per heavy atom. The second-order valence-electron chi connectivity index (χ2n) is 6.21. The Hall–Kier alpha value is -2.65. The minimum absolute atomic E-state index is 0.127. The van der Waals surface area contributed by atoms with Crippen molar-refractivity contribution in [3.05, 3.63) is 51.5 Å². The van der Waals surface area contributed by atoms with E-state index < -0.39 is 0 Å². The molecule has 2 amide bonds. The van der Waals surface area contributed by atoms with E-state index in [-0.39, 0.29) is 17.7 Å². The number of amides is 2. The molecule has 3 aromatic rings. The molecule has 0 aliphatic heterocycles. The Morgan fingerprint density at radius 1 is 1.07 bits per heavy atom. The van der Waals surface area contributed by atoms with Crippen molar-refractivity contribution in [2.75, 3.05) is 10.6 Å². The fourth-order valence-corrected chi connectivity index (χ4v) is 4.68. The molecule has 2 N–H and O–H groups in total. The molecule has 0 spiro atoms. The first-order valence-electron chi connectivity index (χ1n) is 8.57. The van der Waals surface area contributed by atoms with Gasteiger partial charge in [-0.1, -0.05) is 29.5 Å². The van der Waals surface area contributed by atoms with Gasteiger partial charge in [-0.25, -0.2) is 4.98 Å². The Morgan fingerprint density at radius 3 is 2.63 bits per heavy atom. The maximum absolute atomic E-state index is 12.7. The SMILES string of the molecule is Cc1nnc(NC(=O)[C@@H]2CCCc3sc(NC(=O)c4ccccc4)nc32)s1. The first kappa shape index (κ1) is 17.7. The quantitative estimate of drug-likeness (QED) is 0.698. The average molecular weight is 400 g/mol. The first-order valence-corrected chi connectivity index (χ1v) is 10.2. The van der Waals surface area contributed by atoms with Gasteiger partial charge < -0.3 is 0 Å². The zero-order valence-electron chi connectivity index (χ0n) is 14.6. The number of aromatic nitrogens is 3. The summed E-state index contributed by atoms with van der Waals surface area (Å²) in [5.74, 6) is -0.665. The lowest BCUT2D eigenvalue weighted by molar-refractivity contribution is -0.117. The van der Waals surface area contributed by atoms with Crippen molar-refractivity contribution < 1.29 is 9.59 Å². The molecular weight excluding hydrogens is 382 g/mol. The summed E-state index contributed by atoms with van der Waals surface area (Å²) in [5, 5.41) is 15.4. The highest BCUT2D eigenvalue weighted by atomic mass is 32.1. The van der Waals surface area contributed by atoms with E-state index in [1.165, 1.54) is 22.7 Å². The van der Waals surface area contributed by atoms with E-state index in [4.69, 9.17) is 0 Å². The Bertz CT molecular complexity index is 983. The van der Waals surface area contributed by atoms with Crippen molar-refractivity contribution in [3.63, 3.8) is 0 Å². The fraction of sp³-hybridized carbons (Fsp3) is 0.278. The zero-order valence-corrected chi connectivity index (χ0v) is 16.2. The monoisotopic (exact) mass is 399 g/mol. The van der Waals surface area contributed by atoms with Crippen LogP contribution in [0.3, 0.4) is 0 Å². The van der Waals surface area contributed by atoms with E-state index in [2.05, 4.69) is 25.8 Å². The van der Waals surface area contributed by atoms with Crippen LogP contribution in [0.5, 0.6) is 0 Å². The van der Waals surface area contributed by atoms with Gasteiger partial charge >= 0.3 is 0 Å². The molecule has 138 valence electrons. The molecule has 0 saturated carbocycles. The number of fused-ring (bicyclic) bond motifs is 1.